The van der Waals surface area contributed by atoms with Crippen LogP contribution in [0.1, 0.15) is 44.7 Å². The molecule has 1 aliphatic carbocycles. The summed E-state index contributed by atoms with van der Waals surface area (Å²) in [5.74, 6) is 2.41. The first-order valence-electron chi connectivity index (χ1n) is 9.97. The minimum absolute atomic E-state index is 0.724. The highest BCUT2D eigenvalue weighted by atomic mass is 32.1. The second-order valence-corrected chi connectivity index (χ2v) is 8.33. The van der Waals surface area contributed by atoms with Gasteiger partial charge < -0.3 is 10.6 Å². The van der Waals surface area contributed by atoms with Crippen molar-refractivity contribution in [3.63, 3.8) is 0 Å². The SMILES string of the molecule is CCCCCNc1nc(NCC2CC2)nc(C)c1-c1nc2ccccc2s1. The summed E-state index contributed by atoms with van der Waals surface area (Å²) in [6, 6.07) is 8.27. The smallest absolute Gasteiger partial charge is 0.224 e. The number of unbranched alkanes of at least 4 members (excludes halogenated alkanes) is 2. The molecule has 1 saturated carbocycles. The first-order chi connectivity index (χ1) is 13.2. The van der Waals surface area contributed by atoms with E-state index in [0.717, 1.165) is 59.0 Å². The fourth-order valence-electron chi connectivity index (χ4n) is 3.15. The van der Waals surface area contributed by atoms with Gasteiger partial charge in [-0.1, -0.05) is 31.9 Å². The Kier molecular flexibility index (Phi) is 5.53. The number of para-hydroxylation sites is 1. The Morgan fingerprint density at radius 3 is 2.70 bits per heavy atom. The second kappa shape index (κ2) is 8.21. The molecule has 2 aromatic heterocycles. The normalized spacial score (nSPS) is 13.9. The lowest BCUT2D eigenvalue weighted by molar-refractivity contribution is 0.742. The number of rotatable bonds is 9. The highest BCUT2D eigenvalue weighted by Gasteiger charge is 2.22. The van der Waals surface area contributed by atoms with E-state index in [1.165, 1.54) is 30.4 Å². The van der Waals surface area contributed by atoms with Crippen molar-refractivity contribution >= 4 is 33.3 Å². The Morgan fingerprint density at radius 2 is 1.93 bits per heavy atom. The van der Waals surface area contributed by atoms with E-state index in [1.54, 1.807) is 11.3 Å². The number of aromatic nitrogens is 3. The standard InChI is InChI=1S/C21H27N5S/c1-3-4-7-12-22-19-18(20-25-16-8-5-6-9-17(16)27-20)14(2)24-21(26-19)23-13-15-10-11-15/h5-6,8-9,15H,3-4,7,10-13H2,1-2H3,(H2,22,23,24,26). The van der Waals surface area contributed by atoms with Crippen LogP contribution in [0.15, 0.2) is 24.3 Å². The van der Waals surface area contributed by atoms with Crippen LogP contribution in [0.2, 0.25) is 0 Å². The van der Waals surface area contributed by atoms with Gasteiger partial charge in [-0.15, -0.1) is 11.3 Å². The molecule has 2 N–H and O–H groups in total. The zero-order valence-corrected chi connectivity index (χ0v) is 16.9. The van der Waals surface area contributed by atoms with Gasteiger partial charge in [0.05, 0.1) is 21.5 Å². The van der Waals surface area contributed by atoms with Crippen LogP contribution < -0.4 is 10.6 Å². The van der Waals surface area contributed by atoms with Crippen LogP contribution in [0.4, 0.5) is 11.8 Å². The largest absolute Gasteiger partial charge is 0.369 e. The van der Waals surface area contributed by atoms with Crippen LogP contribution in [-0.4, -0.2) is 28.0 Å². The topological polar surface area (TPSA) is 62.7 Å². The summed E-state index contributed by atoms with van der Waals surface area (Å²) < 4.78 is 1.19. The van der Waals surface area contributed by atoms with E-state index in [1.807, 2.05) is 6.07 Å². The lowest BCUT2D eigenvalue weighted by atomic mass is 10.2. The molecule has 3 aromatic rings. The summed E-state index contributed by atoms with van der Waals surface area (Å²) in [6.07, 6.45) is 6.21. The number of hydrogen-bond acceptors (Lipinski definition) is 6. The average Bonchev–Trinajstić information content (AvgIpc) is 3.40. The molecule has 0 bridgehead atoms. The van der Waals surface area contributed by atoms with E-state index < -0.39 is 0 Å². The Labute approximate surface area is 164 Å². The fraction of sp³-hybridized carbons (Fsp3) is 0.476. The van der Waals surface area contributed by atoms with Crippen molar-refractivity contribution in [3.05, 3.63) is 30.0 Å². The van der Waals surface area contributed by atoms with E-state index >= 15 is 0 Å². The van der Waals surface area contributed by atoms with Crippen LogP contribution in [0.3, 0.4) is 0 Å². The molecule has 27 heavy (non-hydrogen) atoms. The summed E-state index contributed by atoms with van der Waals surface area (Å²) in [4.78, 5) is 14.4. The molecule has 2 heterocycles. The molecular formula is C21H27N5S. The van der Waals surface area contributed by atoms with Gasteiger partial charge in [0.15, 0.2) is 0 Å². The molecule has 0 spiro atoms. The molecule has 1 aliphatic rings. The quantitative estimate of drug-likeness (QED) is 0.480. The predicted octanol–water partition coefficient (Wildman–Crippen LogP) is 5.49. The van der Waals surface area contributed by atoms with Crippen LogP contribution >= 0.6 is 11.3 Å². The van der Waals surface area contributed by atoms with Crippen molar-refractivity contribution in [1.29, 1.82) is 0 Å². The molecule has 0 saturated heterocycles. The van der Waals surface area contributed by atoms with Crippen LogP contribution in [0, 0.1) is 12.8 Å². The van der Waals surface area contributed by atoms with Crippen molar-refractivity contribution in [2.45, 2.75) is 46.0 Å². The first-order valence-corrected chi connectivity index (χ1v) is 10.8. The molecule has 1 fully saturated rings. The van der Waals surface area contributed by atoms with Crippen LogP contribution in [0.5, 0.6) is 0 Å². The molecule has 6 heteroatoms. The van der Waals surface area contributed by atoms with Crippen molar-refractivity contribution in [2.24, 2.45) is 5.92 Å². The lowest BCUT2D eigenvalue weighted by Gasteiger charge is -2.14. The van der Waals surface area contributed by atoms with Crippen molar-refractivity contribution in [1.82, 2.24) is 15.0 Å². The zero-order chi connectivity index (χ0) is 18.6. The van der Waals surface area contributed by atoms with Crippen LogP contribution in [-0.2, 0) is 0 Å². The first kappa shape index (κ1) is 18.2. The maximum atomic E-state index is 4.84. The lowest BCUT2D eigenvalue weighted by Crippen LogP contribution is -2.12. The average molecular weight is 382 g/mol. The van der Waals surface area contributed by atoms with E-state index in [4.69, 9.17) is 15.0 Å². The predicted molar refractivity (Wildman–Crippen MR) is 115 cm³/mol. The minimum atomic E-state index is 0.724. The third-order valence-electron chi connectivity index (χ3n) is 4.92. The maximum Gasteiger partial charge on any atom is 0.224 e. The van der Waals surface area contributed by atoms with Crippen molar-refractivity contribution in [2.75, 3.05) is 23.7 Å². The molecule has 0 unspecified atom stereocenters. The molecule has 5 nitrogen and oxygen atoms in total. The maximum absolute atomic E-state index is 4.84. The Hall–Kier alpha value is -2.21. The van der Waals surface area contributed by atoms with Crippen molar-refractivity contribution < 1.29 is 0 Å². The number of hydrogen-bond donors (Lipinski definition) is 2. The Bertz CT molecular complexity index is 883. The molecule has 4 rings (SSSR count). The highest BCUT2D eigenvalue weighted by molar-refractivity contribution is 7.21. The molecule has 0 radical (unpaired) electrons. The number of benzene rings is 1. The third-order valence-corrected chi connectivity index (χ3v) is 5.97. The number of nitrogens with zero attached hydrogens (tertiary/aromatic N) is 3. The summed E-state index contributed by atoms with van der Waals surface area (Å²) in [5.41, 5.74) is 3.04. The minimum Gasteiger partial charge on any atom is -0.369 e. The van der Waals surface area contributed by atoms with Gasteiger partial charge in [0.1, 0.15) is 10.8 Å². The number of aryl methyl sites for hydroxylation is 1. The molecular weight excluding hydrogens is 354 g/mol. The molecule has 0 amide bonds. The fourth-order valence-corrected chi connectivity index (χ4v) is 4.22. The molecule has 1 aromatic carbocycles. The van der Waals surface area contributed by atoms with Crippen molar-refractivity contribution in [3.8, 4) is 10.6 Å². The van der Waals surface area contributed by atoms with Gasteiger partial charge >= 0.3 is 0 Å². The van der Waals surface area contributed by atoms with E-state index in [-0.39, 0.29) is 0 Å². The van der Waals surface area contributed by atoms with E-state index in [0.29, 0.717) is 0 Å². The second-order valence-electron chi connectivity index (χ2n) is 7.30. The van der Waals surface area contributed by atoms with Crippen LogP contribution in [0.25, 0.3) is 20.8 Å². The van der Waals surface area contributed by atoms with E-state index in [2.05, 4.69) is 42.7 Å². The summed E-state index contributed by atoms with van der Waals surface area (Å²) in [5, 5.41) is 7.95. The summed E-state index contributed by atoms with van der Waals surface area (Å²) in [6.45, 7) is 6.17. The monoisotopic (exact) mass is 381 g/mol. The summed E-state index contributed by atoms with van der Waals surface area (Å²) in [7, 11) is 0. The highest BCUT2D eigenvalue weighted by Crippen LogP contribution is 2.36. The zero-order valence-electron chi connectivity index (χ0n) is 16.1. The number of fused-ring (bicyclic) bond motifs is 1. The van der Waals surface area contributed by atoms with E-state index in [9.17, 15) is 0 Å². The number of nitrogens with one attached hydrogen (secondary N) is 2. The van der Waals surface area contributed by atoms with Gasteiger partial charge in [-0.2, -0.15) is 4.98 Å². The molecule has 0 atom stereocenters. The summed E-state index contributed by atoms with van der Waals surface area (Å²) >= 11 is 1.71. The van der Waals surface area contributed by atoms with Gasteiger partial charge in [-0.25, -0.2) is 9.97 Å². The van der Waals surface area contributed by atoms with Gasteiger partial charge in [-0.3, -0.25) is 0 Å². The van der Waals surface area contributed by atoms with Gasteiger partial charge in [0, 0.05) is 13.1 Å². The van der Waals surface area contributed by atoms with Gasteiger partial charge in [0.25, 0.3) is 0 Å². The third kappa shape index (κ3) is 4.38. The molecule has 0 aliphatic heterocycles. The van der Waals surface area contributed by atoms with Gasteiger partial charge in [-0.05, 0) is 44.2 Å². The van der Waals surface area contributed by atoms with Gasteiger partial charge in [0.2, 0.25) is 5.95 Å². The Balaban J connectivity index is 1.66. The molecule has 142 valence electrons. The number of thiazole rings is 1. The number of anilines is 2. The Morgan fingerprint density at radius 1 is 1.07 bits per heavy atom.